The Kier molecular flexibility index (Phi) is 5.03. The first-order valence-corrected chi connectivity index (χ1v) is 11.2. The van der Waals surface area contributed by atoms with Gasteiger partial charge in [0.15, 0.2) is 5.76 Å². The SMILES string of the molecule is O=C(c1cc2ccccc2o1)N1CCCC(CNS(=O)(=O)c2cccs2)C1. The topological polar surface area (TPSA) is 79.6 Å². The predicted molar refractivity (Wildman–Crippen MR) is 104 cm³/mol. The molecule has 3 aromatic rings. The van der Waals surface area contributed by atoms with Crippen molar-refractivity contribution in [2.24, 2.45) is 5.92 Å². The highest BCUT2D eigenvalue weighted by atomic mass is 32.2. The van der Waals surface area contributed by atoms with E-state index in [2.05, 4.69) is 4.72 Å². The normalized spacial score (nSPS) is 18.1. The fraction of sp³-hybridized carbons (Fsp3) is 0.316. The van der Waals surface area contributed by atoms with Crippen LogP contribution in [0.15, 0.2) is 56.5 Å². The molecule has 3 heterocycles. The molecule has 1 saturated heterocycles. The number of thiophene rings is 1. The van der Waals surface area contributed by atoms with Crippen LogP contribution < -0.4 is 4.72 Å². The molecule has 1 unspecified atom stereocenters. The van der Waals surface area contributed by atoms with Crippen LogP contribution in [0.3, 0.4) is 0 Å². The van der Waals surface area contributed by atoms with E-state index in [4.69, 9.17) is 4.42 Å². The van der Waals surface area contributed by atoms with Gasteiger partial charge in [-0.25, -0.2) is 13.1 Å². The van der Waals surface area contributed by atoms with Gasteiger partial charge in [0.2, 0.25) is 10.0 Å². The molecule has 0 saturated carbocycles. The van der Waals surface area contributed by atoms with Crippen molar-refractivity contribution in [3.63, 3.8) is 0 Å². The Morgan fingerprint density at radius 3 is 2.89 bits per heavy atom. The molecule has 0 spiro atoms. The van der Waals surface area contributed by atoms with E-state index in [0.717, 1.165) is 18.2 Å². The molecule has 1 N–H and O–H groups in total. The van der Waals surface area contributed by atoms with Crippen LogP contribution in [0, 0.1) is 5.92 Å². The van der Waals surface area contributed by atoms with Crippen molar-refractivity contribution in [2.45, 2.75) is 17.1 Å². The van der Waals surface area contributed by atoms with Crippen LogP contribution in [-0.2, 0) is 10.0 Å². The summed E-state index contributed by atoms with van der Waals surface area (Å²) in [5.74, 6) is 0.273. The molecule has 0 radical (unpaired) electrons. The highest BCUT2D eigenvalue weighted by Gasteiger charge is 2.27. The van der Waals surface area contributed by atoms with Gasteiger partial charge >= 0.3 is 0 Å². The van der Waals surface area contributed by atoms with Crippen LogP contribution in [0.4, 0.5) is 0 Å². The third kappa shape index (κ3) is 3.92. The van der Waals surface area contributed by atoms with Crippen molar-refractivity contribution < 1.29 is 17.6 Å². The number of nitrogens with zero attached hydrogens (tertiary/aromatic N) is 1. The van der Waals surface area contributed by atoms with Gasteiger partial charge in [-0.15, -0.1) is 11.3 Å². The van der Waals surface area contributed by atoms with Gasteiger partial charge in [-0.2, -0.15) is 0 Å². The van der Waals surface area contributed by atoms with E-state index in [1.807, 2.05) is 24.3 Å². The van der Waals surface area contributed by atoms with Gasteiger partial charge in [-0.1, -0.05) is 24.3 Å². The van der Waals surface area contributed by atoms with Crippen LogP contribution >= 0.6 is 11.3 Å². The molecule has 2 aromatic heterocycles. The zero-order chi connectivity index (χ0) is 18.9. The number of rotatable bonds is 5. The fourth-order valence-corrected chi connectivity index (χ4v) is 5.53. The van der Waals surface area contributed by atoms with Gasteiger partial charge in [0, 0.05) is 25.0 Å². The number of para-hydroxylation sites is 1. The van der Waals surface area contributed by atoms with E-state index in [-0.39, 0.29) is 11.8 Å². The first kappa shape index (κ1) is 18.2. The number of piperidine rings is 1. The van der Waals surface area contributed by atoms with Crippen molar-refractivity contribution in [3.05, 3.63) is 53.6 Å². The third-order valence-electron chi connectivity index (χ3n) is 4.76. The molecule has 1 aliphatic heterocycles. The minimum atomic E-state index is -3.48. The lowest BCUT2D eigenvalue weighted by Crippen LogP contribution is -2.43. The number of carbonyl (C=O) groups is 1. The predicted octanol–water partition coefficient (Wildman–Crippen LogP) is 3.33. The molecular weight excluding hydrogens is 384 g/mol. The summed E-state index contributed by atoms with van der Waals surface area (Å²) < 4.78 is 33.2. The second kappa shape index (κ2) is 7.46. The van der Waals surface area contributed by atoms with E-state index >= 15 is 0 Å². The quantitative estimate of drug-likeness (QED) is 0.707. The van der Waals surface area contributed by atoms with Gasteiger partial charge < -0.3 is 9.32 Å². The van der Waals surface area contributed by atoms with Crippen LogP contribution in [0.2, 0.25) is 0 Å². The number of hydrogen-bond donors (Lipinski definition) is 1. The number of likely N-dealkylation sites (tertiary alicyclic amines) is 1. The molecule has 0 aliphatic carbocycles. The zero-order valence-electron chi connectivity index (χ0n) is 14.6. The molecule has 4 rings (SSSR count). The Labute approximate surface area is 161 Å². The number of hydrogen-bond acceptors (Lipinski definition) is 5. The molecule has 1 amide bonds. The first-order valence-electron chi connectivity index (χ1n) is 8.84. The summed E-state index contributed by atoms with van der Waals surface area (Å²) in [6.45, 7) is 1.50. The summed E-state index contributed by atoms with van der Waals surface area (Å²) in [6.07, 6.45) is 1.73. The summed E-state index contributed by atoms with van der Waals surface area (Å²) >= 11 is 1.19. The number of amides is 1. The minimum absolute atomic E-state index is 0.0850. The fourth-order valence-electron chi connectivity index (χ4n) is 3.37. The van der Waals surface area contributed by atoms with Crippen molar-refractivity contribution in [2.75, 3.05) is 19.6 Å². The van der Waals surface area contributed by atoms with E-state index in [9.17, 15) is 13.2 Å². The smallest absolute Gasteiger partial charge is 0.289 e. The third-order valence-corrected chi connectivity index (χ3v) is 7.59. The molecular formula is C19H20N2O4S2. The number of nitrogens with one attached hydrogen (secondary N) is 1. The number of sulfonamides is 1. The number of benzene rings is 1. The molecule has 6 nitrogen and oxygen atoms in total. The average molecular weight is 405 g/mol. The lowest BCUT2D eigenvalue weighted by atomic mass is 9.98. The second-order valence-electron chi connectivity index (χ2n) is 6.69. The van der Waals surface area contributed by atoms with Gasteiger partial charge in [-0.05, 0) is 42.3 Å². The molecule has 1 aromatic carbocycles. The van der Waals surface area contributed by atoms with Crippen LogP contribution in [0.5, 0.6) is 0 Å². The standard InChI is InChI=1S/C19H20N2O4S2/c22-19(17-11-15-6-1-2-7-16(15)25-17)21-9-3-5-14(13-21)12-20-27(23,24)18-8-4-10-26-18/h1-2,4,6-8,10-11,14,20H,3,5,9,12-13H2. The maximum absolute atomic E-state index is 12.8. The molecule has 8 heteroatoms. The monoisotopic (exact) mass is 404 g/mol. The lowest BCUT2D eigenvalue weighted by Gasteiger charge is -2.32. The van der Waals surface area contributed by atoms with Crippen LogP contribution in [-0.4, -0.2) is 38.9 Å². The highest BCUT2D eigenvalue weighted by molar-refractivity contribution is 7.91. The van der Waals surface area contributed by atoms with E-state index in [1.54, 1.807) is 28.5 Å². The van der Waals surface area contributed by atoms with Gasteiger partial charge in [-0.3, -0.25) is 4.79 Å². The van der Waals surface area contributed by atoms with Crippen molar-refractivity contribution in [1.82, 2.24) is 9.62 Å². The molecule has 142 valence electrons. The first-order chi connectivity index (χ1) is 13.0. The Hall–Kier alpha value is -2.16. The zero-order valence-corrected chi connectivity index (χ0v) is 16.3. The molecule has 27 heavy (non-hydrogen) atoms. The van der Waals surface area contributed by atoms with E-state index in [1.165, 1.54) is 11.3 Å². The van der Waals surface area contributed by atoms with Crippen LogP contribution in [0.25, 0.3) is 11.0 Å². The second-order valence-corrected chi connectivity index (χ2v) is 9.63. The van der Waals surface area contributed by atoms with E-state index < -0.39 is 10.0 Å². The van der Waals surface area contributed by atoms with Crippen molar-refractivity contribution in [1.29, 1.82) is 0 Å². The van der Waals surface area contributed by atoms with Gasteiger partial charge in [0.05, 0.1) is 0 Å². The highest BCUT2D eigenvalue weighted by Crippen LogP contribution is 2.23. The average Bonchev–Trinajstić information content (AvgIpc) is 3.36. The summed E-state index contributed by atoms with van der Waals surface area (Å²) in [6, 6.07) is 12.6. The molecule has 0 bridgehead atoms. The number of fused-ring (bicyclic) bond motifs is 1. The molecule has 1 fully saturated rings. The Balaban J connectivity index is 1.41. The Morgan fingerprint density at radius 2 is 2.11 bits per heavy atom. The number of furan rings is 1. The summed E-state index contributed by atoms with van der Waals surface area (Å²) in [7, 11) is -3.48. The summed E-state index contributed by atoms with van der Waals surface area (Å²) in [5, 5.41) is 2.64. The summed E-state index contributed by atoms with van der Waals surface area (Å²) in [5.41, 5.74) is 0.693. The van der Waals surface area contributed by atoms with Crippen molar-refractivity contribution in [3.8, 4) is 0 Å². The van der Waals surface area contributed by atoms with E-state index in [0.29, 0.717) is 35.2 Å². The maximum atomic E-state index is 12.8. The largest absolute Gasteiger partial charge is 0.451 e. The van der Waals surface area contributed by atoms with Gasteiger partial charge in [0.1, 0.15) is 9.79 Å². The lowest BCUT2D eigenvalue weighted by molar-refractivity contribution is 0.0646. The maximum Gasteiger partial charge on any atom is 0.289 e. The minimum Gasteiger partial charge on any atom is -0.451 e. The summed E-state index contributed by atoms with van der Waals surface area (Å²) in [4.78, 5) is 14.6. The Morgan fingerprint density at radius 1 is 1.26 bits per heavy atom. The van der Waals surface area contributed by atoms with Crippen LogP contribution in [0.1, 0.15) is 23.4 Å². The molecule has 1 aliphatic rings. The number of carbonyl (C=O) groups excluding carboxylic acids is 1. The molecule has 1 atom stereocenters. The Bertz CT molecular complexity index is 1010. The van der Waals surface area contributed by atoms with Gasteiger partial charge in [0.25, 0.3) is 5.91 Å². The van der Waals surface area contributed by atoms with Crippen molar-refractivity contribution >= 4 is 38.2 Å².